The van der Waals surface area contributed by atoms with Gasteiger partial charge in [-0.15, -0.1) is 0 Å². The van der Waals surface area contributed by atoms with Crippen LogP contribution in [0, 0.1) is 0 Å². The van der Waals surface area contributed by atoms with Gasteiger partial charge < -0.3 is 14.4 Å². The molecule has 0 aliphatic carbocycles. The van der Waals surface area contributed by atoms with Crippen LogP contribution in [0.3, 0.4) is 0 Å². The van der Waals surface area contributed by atoms with Gasteiger partial charge in [-0.1, -0.05) is 30.3 Å². The number of para-hydroxylation sites is 1. The first-order valence-electron chi connectivity index (χ1n) is 9.14. The molecule has 0 N–H and O–H groups in total. The zero-order valence-corrected chi connectivity index (χ0v) is 15.3. The molecule has 1 aromatic heterocycles. The van der Waals surface area contributed by atoms with Crippen molar-refractivity contribution in [2.24, 2.45) is 0 Å². The van der Waals surface area contributed by atoms with E-state index in [0.29, 0.717) is 25.4 Å². The number of methoxy groups -OCH3 is 1. The van der Waals surface area contributed by atoms with Gasteiger partial charge >= 0.3 is 0 Å². The standard InChI is InChI=1S/C22H22N2O3/c1-26-18-7-4-5-16(13-18)14-22(25)24-12-11-19(15-24)27-21-10-9-17-6-2-3-8-20(17)23-21/h2-10,13,19H,11-12,14-15H2,1H3/t19-/m0/s1. The van der Waals surface area contributed by atoms with Crippen molar-refractivity contribution in [2.75, 3.05) is 20.2 Å². The van der Waals surface area contributed by atoms with Crippen molar-refractivity contribution in [3.8, 4) is 11.6 Å². The average Bonchev–Trinajstić information content (AvgIpc) is 3.17. The minimum Gasteiger partial charge on any atom is -0.497 e. The molecule has 5 heteroatoms. The molecule has 1 atom stereocenters. The highest BCUT2D eigenvalue weighted by Crippen LogP contribution is 2.21. The molecule has 2 aromatic carbocycles. The van der Waals surface area contributed by atoms with Crippen molar-refractivity contribution >= 4 is 16.8 Å². The normalized spacial score (nSPS) is 16.5. The molecule has 0 spiro atoms. The number of hydrogen-bond acceptors (Lipinski definition) is 4. The van der Waals surface area contributed by atoms with Gasteiger partial charge in [-0.05, 0) is 29.8 Å². The predicted octanol–water partition coefficient (Wildman–Crippen LogP) is 3.47. The van der Waals surface area contributed by atoms with E-state index in [-0.39, 0.29) is 12.0 Å². The molecule has 138 valence electrons. The lowest BCUT2D eigenvalue weighted by molar-refractivity contribution is -0.129. The highest BCUT2D eigenvalue weighted by Gasteiger charge is 2.27. The van der Waals surface area contributed by atoms with E-state index in [1.54, 1.807) is 7.11 Å². The highest BCUT2D eigenvalue weighted by molar-refractivity contribution is 5.79. The largest absolute Gasteiger partial charge is 0.497 e. The van der Waals surface area contributed by atoms with Crippen LogP contribution in [0.1, 0.15) is 12.0 Å². The van der Waals surface area contributed by atoms with Crippen LogP contribution in [0.2, 0.25) is 0 Å². The SMILES string of the molecule is COc1cccc(CC(=O)N2CC[C@H](Oc3ccc4ccccc4n3)C2)c1. The maximum atomic E-state index is 12.6. The Bertz CT molecular complexity index is 957. The van der Waals surface area contributed by atoms with Gasteiger partial charge in [0.05, 0.1) is 25.6 Å². The molecule has 4 rings (SSSR count). The zero-order chi connectivity index (χ0) is 18.6. The van der Waals surface area contributed by atoms with E-state index in [4.69, 9.17) is 9.47 Å². The Morgan fingerprint density at radius 1 is 1.15 bits per heavy atom. The molecular weight excluding hydrogens is 340 g/mol. The maximum absolute atomic E-state index is 12.6. The van der Waals surface area contributed by atoms with Crippen LogP contribution in [0.5, 0.6) is 11.6 Å². The van der Waals surface area contributed by atoms with Gasteiger partial charge in [-0.25, -0.2) is 4.98 Å². The van der Waals surface area contributed by atoms with Gasteiger partial charge in [-0.3, -0.25) is 4.79 Å². The molecule has 1 aliphatic rings. The number of ether oxygens (including phenoxy) is 2. The smallest absolute Gasteiger partial charge is 0.227 e. The molecule has 1 aliphatic heterocycles. The number of nitrogens with zero attached hydrogens (tertiary/aromatic N) is 2. The number of hydrogen-bond donors (Lipinski definition) is 0. The lowest BCUT2D eigenvalue weighted by Gasteiger charge is -2.17. The molecule has 5 nitrogen and oxygen atoms in total. The molecule has 2 heterocycles. The Balaban J connectivity index is 1.36. The van der Waals surface area contributed by atoms with Crippen LogP contribution >= 0.6 is 0 Å². The molecule has 0 unspecified atom stereocenters. The van der Waals surface area contributed by atoms with Gasteiger partial charge in [0.25, 0.3) is 0 Å². The van der Waals surface area contributed by atoms with E-state index in [0.717, 1.165) is 28.6 Å². The number of rotatable bonds is 5. The number of fused-ring (bicyclic) bond motifs is 1. The topological polar surface area (TPSA) is 51.7 Å². The number of pyridine rings is 1. The van der Waals surface area contributed by atoms with E-state index >= 15 is 0 Å². The van der Waals surface area contributed by atoms with Crippen molar-refractivity contribution in [1.29, 1.82) is 0 Å². The number of benzene rings is 2. The fraction of sp³-hybridized carbons (Fsp3) is 0.273. The Labute approximate surface area is 158 Å². The van der Waals surface area contributed by atoms with E-state index < -0.39 is 0 Å². The van der Waals surface area contributed by atoms with E-state index in [2.05, 4.69) is 4.98 Å². The molecule has 1 fully saturated rings. The third kappa shape index (κ3) is 4.03. The molecule has 1 saturated heterocycles. The van der Waals surface area contributed by atoms with Crippen LogP contribution in [0.25, 0.3) is 10.9 Å². The van der Waals surface area contributed by atoms with Crippen LogP contribution in [-0.4, -0.2) is 42.1 Å². The summed E-state index contributed by atoms with van der Waals surface area (Å²) in [4.78, 5) is 19.0. The van der Waals surface area contributed by atoms with Crippen molar-refractivity contribution in [2.45, 2.75) is 18.9 Å². The molecule has 3 aromatic rings. The summed E-state index contributed by atoms with van der Waals surface area (Å²) in [6, 6.07) is 19.5. The summed E-state index contributed by atoms with van der Waals surface area (Å²) < 4.78 is 11.2. The van der Waals surface area contributed by atoms with Crippen LogP contribution < -0.4 is 9.47 Å². The third-order valence-corrected chi connectivity index (χ3v) is 4.85. The second-order valence-electron chi connectivity index (χ2n) is 6.74. The molecule has 1 amide bonds. The summed E-state index contributed by atoms with van der Waals surface area (Å²) >= 11 is 0. The minimum absolute atomic E-state index is 0.0204. The van der Waals surface area contributed by atoms with Crippen molar-refractivity contribution < 1.29 is 14.3 Å². The third-order valence-electron chi connectivity index (χ3n) is 4.85. The molecule has 0 radical (unpaired) electrons. The monoisotopic (exact) mass is 362 g/mol. The number of amides is 1. The van der Waals surface area contributed by atoms with Crippen molar-refractivity contribution in [3.63, 3.8) is 0 Å². The first-order chi connectivity index (χ1) is 13.2. The fourth-order valence-electron chi connectivity index (χ4n) is 3.40. The number of likely N-dealkylation sites (tertiary alicyclic amines) is 1. The summed E-state index contributed by atoms with van der Waals surface area (Å²) in [5.74, 6) is 1.49. The van der Waals surface area contributed by atoms with Crippen molar-refractivity contribution in [1.82, 2.24) is 9.88 Å². The maximum Gasteiger partial charge on any atom is 0.227 e. The number of carbonyl (C=O) groups is 1. The summed E-state index contributed by atoms with van der Waals surface area (Å²) in [5, 5.41) is 1.09. The zero-order valence-electron chi connectivity index (χ0n) is 15.3. The predicted molar refractivity (Wildman–Crippen MR) is 104 cm³/mol. The molecular formula is C22H22N2O3. The average molecular weight is 362 g/mol. The Kier molecular flexibility index (Phi) is 4.92. The minimum atomic E-state index is -0.0204. The van der Waals surface area contributed by atoms with Gasteiger partial charge in [0.15, 0.2) is 0 Å². The summed E-state index contributed by atoms with van der Waals surface area (Å²) in [5.41, 5.74) is 1.87. The van der Waals surface area contributed by atoms with Crippen LogP contribution in [0.4, 0.5) is 0 Å². The van der Waals surface area contributed by atoms with Gasteiger partial charge in [0, 0.05) is 24.4 Å². The second kappa shape index (κ2) is 7.66. The lowest BCUT2D eigenvalue weighted by atomic mass is 10.1. The number of aromatic nitrogens is 1. The highest BCUT2D eigenvalue weighted by atomic mass is 16.5. The van der Waals surface area contributed by atoms with Gasteiger partial charge in [0.1, 0.15) is 11.9 Å². The van der Waals surface area contributed by atoms with E-state index in [1.165, 1.54) is 0 Å². The van der Waals surface area contributed by atoms with Crippen LogP contribution in [0.15, 0.2) is 60.7 Å². The first kappa shape index (κ1) is 17.3. The fourth-order valence-corrected chi connectivity index (χ4v) is 3.40. The number of carbonyl (C=O) groups excluding carboxylic acids is 1. The summed E-state index contributed by atoms with van der Waals surface area (Å²) in [6.45, 7) is 1.30. The van der Waals surface area contributed by atoms with Crippen LogP contribution in [-0.2, 0) is 11.2 Å². The Morgan fingerprint density at radius 3 is 2.93 bits per heavy atom. The van der Waals surface area contributed by atoms with E-state index in [9.17, 15) is 4.79 Å². The molecule has 27 heavy (non-hydrogen) atoms. The summed E-state index contributed by atoms with van der Waals surface area (Å²) in [7, 11) is 1.63. The quantitative estimate of drug-likeness (QED) is 0.697. The molecule has 0 saturated carbocycles. The second-order valence-corrected chi connectivity index (χ2v) is 6.74. The van der Waals surface area contributed by atoms with Gasteiger partial charge in [-0.2, -0.15) is 0 Å². The Hall–Kier alpha value is -3.08. The molecule has 0 bridgehead atoms. The van der Waals surface area contributed by atoms with Crippen molar-refractivity contribution in [3.05, 3.63) is 66.2 Å². The van der Waals surface area contributed by atoms with Gasteiger partial charge in [0.2, 0.25) is 11.8 Å². The van der Waals surface area contributed by atoms with E-state index in [1.807, 2.05) is 65.6 Å². The Morgan fingerprint density at radius 2 is 2.04 bits per heavy atom. The lowest BCUT2D eigenvalue weighted by Crippen LogP contribution is -2.32. The first-order valence-corrected chi connectivity index (χ1v) is 9.14. The summed E-state index contributed by atoms with van der Waals surface area (Å²) in [6.07, 6.45) is 1.17.